The van der Waals surface area contributed by atoms with Crippen LogP contribution >= 0.6 is 11.8 Å². The number of thioether (sulfide) groups is 1. The lowest BCUT2D eigenvalue weighted by molar-refractivity contribution is -0.113. The van der Waals surface area contributed by atoms with Crippen molar-refractivity contribution in [1.82, 2.24) is 14.8 Å². The summed E-state index contributed by atoms with van der Waals surface area (Å²) in [6.07, 6.45) is 0.945. The number of anilines is 2. The molecule has 5 rings (SSSR count). The number of para-hydroxylation sites is 2. The summed E-state index contributed by atoms with van der Waals surface area (Å²) in [5.74, 6) is 1.94. The Labute approximate surface area is 221 Å². The number of amides is 1. The van der Waals surface area contributed by atoms with Crippen molar-refractivity contribution in [3.63, 3.8) is 0 Å². The Hall–Kier alpha value is -4.04. The van der Waals surface area contributed by atoms with E-state index in [-0.39, 0.29) is 5.91 Å². The molecule has 0 unspecified atom stereocenters. The molecular weight excluding hydrogens is 482 g/mol. The SMILES string of the molecule is CCc1ccc([C@@H]2C(C(=O)Nc3ccccc3)=C(C)Nc3nc(SCc4ccccc4OC)nn32)cc1. The summed E-state index contributed by atoms with van der Waals surface area (Å²) in [4.78, 5) is 18.3. The van der Waals surface area contributed by atoms with Gasteiger partial charge in [0.2, 0.25) is 11.1 Å². The van der Waals surface area contributed by atoms with Gasteiger partial charge in [0.05, 0.1) is 12.7 Å². The summed E-state index contributed by atoms with van der Waals surface area (Å²) in [5, 5.41) is 11.8. The maximum atomic E-state index is 13.6. The molecule has 4 aromatic rings. The summed E-state index contributed by atoms with van der Waals surface area (Å²) < 4.78 is 7.31. The molecule has 0 radical (unpaired) electrons. The van der Waals surface area contributed by atoms with E-state index in [1.165, 1.54) is 17.3 Å². The van der Waals surface area contributed by atoms with Gasteiger partial charge in [-0.05, 0) is 42.7 Å². The van der Waals surface area contributed by atoms with Gasteiger partial charge < -0.3 is 15.4 Å². The van der Waals surface area contributed by atoms with Gasteiger partial charge in [-0.3, -0.25) is 4.79 Å². The van der Waals surface area contributed by atoms with Gasteiger partial charge in [-0.15, -0.1) is 5.10 Å². The second kappa shape index (κ2) is 10.9. The third kappa shape index (κ3) is 5.24. The van der Waals surface area contributed by atoms with E-state index in [2.05, 4.69) is 41.8 Å². The molecule has 188 valence electrons. The molecule has 0 saturated heterocycles. The van der Waals surface area contributed by atoms with Crippen LogP contribution in [-0.2, 0) is 17.0 Å². The number of methoxy groups -OCH3 is 1. The molecule has 0 aliphatic carbocycles. The van der Waals surface area contributed by atoms with Crippen molar-refractivity contribution in [2.45, 2.75) is 37.2 Å². The lowest BCUT2D eigenvalue weighted by atomic mass is 9.94. The zero-order valence-corrected chi connectivity index (χ0v) is 21.9. The van der Waals surface area contributed by atoms with Crippen molar-refractivity contribution in [2.75, 3.05) is 17.7 Å². The van der Waals surface area contributed by atoms with Crippen molar-refractivity contribution in [3.05, 3.63) is 107 Å². The molecule has 0 fully saturated rings. The second-order valence-electron chi connectivity index (χ2n) is 8.74. The number of hydrogen-bond donors (Lipinski definition) is 2. The first kappa shape index (κ1) is 24.6. The van der Waals surface area contributed by atoms with Gasteiger partial charge >= 0.3 is 0 Å². The number of carbonyl (C=O) groups excluding carboxylic acids is 1. The van der Waals surface area contributed by atoms with Crippen LogP contribution in [0.4, 0.5) is 11.6 Å². The Balaban J connectivity index is 1.49. The van der Waals surface area contributed by atoms with Gasteiger partial charge in [-0.1, -0.05) is 79.3 Å². The molecule has 3 aromatic carbocycles. The smallest absolute Gasteiger partial charge is 0.255 e. The zero-order valence-electron chi connectivity index (χ0n) is 21.1. The maximum Gasteiger partial charge on any atom is 0.255 e. The molecule has 0 bridgehead atoms. The van der Waals surface area contributed by atoms with Gasteiger partial charge in [-0.25, -0.2) is 4.68 Å². The highest BCUT2D eigenvalue weighted by atomic mass is 32.2. The second-order valence-corrected chi connectivity index (χ2v) is 9.69. The molecule has 1 aliphatic heterocycles. The molecule has 2 N–H and O–H groups in total. The molecule has 1 amide bonds. The fourth-order valence-electron chi connectivity index (χ4n) is 4.41. The number of fused-ring (bicyclic) bond motifs is 1. The first-order valence-corrected chi connectivity index (χ1v) is 13.2. The number of carbonyl (C=O) groups is 1. The average Bonchev–Trinajstić information content (AvgIpc) is 3.34. The molecule has 0 saturated carbocycles. The number of hydrogen-bond acceptors (Lipinski definition) is 6. The number of ether oxygens (including phenoxy) is 1. The molecule has 1 aromatic heterocycles. The van der Waals surface area contributed by atoms with Crippen LogP contribution in [0, 0.1) is 0 Å². The highest BCUT2D eigenvalue weighted by molar-refractivity contribution is 7.98. The molecular formula is C29H29N5O2S. The minimum atomic E-state index is -0.418. The fourth-order valence-corrected chi connectivity index (χ4v) is 5.23. The third-order valence-corrected chi connectivity index (χ3v) is 7.25. The lowest BCUT2D eigenvalue weighted by Crippen LogP contribution is -2.31. The first-order valence-electron chi connectivity index (χ1n) is 12.2. The van der Waals surface area contributed by atoms with E-state index in [1.807, 2.05) is 66.2 Å². The van der Waals surface area contributed by atoms with E-state index in [1.54, 1.807) is 7.11 Å². The number of nitrogens with zero attached hydrogens (tertiary/aromatic N) is 3. The summed E-state index contributed by atoms with van der Waals surface area (Å²) in [6, 6.07) is 25.4. The summed E-state index contributed by atoms with van der Waals surface area (Å²) in [6.45, 7) is 4.04. The van der Waals surface area contributed by atoms with Crippen molar-refractivity contribution >= 4 is 29.3 Å². The number of nitrogens with one attached hydrogen (secondary N) is 2. The van der Waals surface area contributed by atoms with Gasteiger partial charge in [0.1, 0.15) is 11.8 Å². The Morgan fingerprint density at radius 2 is 1.78 bits per heavy atom. The van der Waals surface area contributed by atoms with E-state index in [9.17, 15) is 4.79 Å². The normalized spacial score (nSPS) is 14.6. The summed E-state index contributed by atoms with van der Waals surface area (Å²) in [5.41, 5.74) is 5.38. The molecule has 2 heterocycles. The number of allylic oxidation sites excluding steroid dienone is 1. The number of benzene rings is 3. The minimum absolute atomic E-state index is 0.176. The molecule has 37 heavy (non-hydrogen) atoms. The predicted octanol–water partition coefficient (Wildman–Crippen LogP) is 6.07. The molecule has 1 atom stereocenters. The summed E-state index contributed by atoms with van der Waals surface area (Å²) >= 11 is 1.53. The molecule has 8 heteroatoms. The Kier molecular flexibility index (Phi) is 7.28. The first-order chi connectivity index (χ1) is 18.1. The van der Waals surface area contributed by atoms with Gasteiger partial charge in [0, 0.05) is 22.7 Å². The monoisotopic (exact) mass is 511 g/mol. The minimum Gasteiger partial charge on any atom is -0.496 e. The fraction of sp³-hybridized carbons (Fsp3) is 0.207. The van der Waals surface area contributed by atoms with Crippen molar-refractivity contribution < 1.29 is 9.53 Å². The van der Waals surface area contributed by atoms with Crippen LogP contribution in [0.1, 0.15) is 36.6 Å². The lowest BCUT2D eigenvalue weighted by Gasteiger charge is -2.28. The van der Waals surface area contributed by atoms with Crippen LogP contribution in [0.15, 0.2) is 95.3 Å². The molecule has 7 nitrogen and oxygen atoms in total. The zero-order chi connectivity index (χ0) is 25.8. The van der Waals surface area contributed by atoms with Crippen molar-refractivity contribution in [3.8, 4) is 5.75 Å². The Bertz CT molecular complexity index is 1430. The molecule has 1 aliphatic rings. The highest BCUT2D eigenvalue weighted by Gasteiger charge is 2.34. The van der Waals surface area contributed by atoms with E-state index in [4.69, 9.17) is 14.8 Å². The van der Waals surface area contributed by atoms with Gasteiger partial charge in [0.15, 0.2) is 0 Å². The average molecular weight is 512 g/mol. The van der Waals surface area contributed by atoms with E-state index in [0.717, 1.165) is 34.7 Å². The topological polar surface area (TPSA) is 81.1 Å². The number of aromatic nitrogens is 3. The van der Waals surface area contributed by atoms with E-state index < -0.39 is 6.04 Å². The number of rotatable bonds is 8. The number of aryl methyl sites for hydroxylation is 1. The maximum absolute atomic E-state index is 13.6. The predicted molar refractivity (Wildman–Crippen MR) is 148 cm³/mol. The van der Waals surface area contributed by atoms with Crippen molar-refractivity contribution in [2.24, 2.45) is 0 Å². The summed E-state index contributed by atoms with van der Waals surface area (Å²) in [7, 11) is 1.67. The highest BCUT2D eigenvalue weighted by Crippen LogP contribution is 2.37. The van der Waals surface area contributed by atoms with Crippen molar-refractivity contribution in [1.29, 1.82) is 0 Å². The Morgan fingerprint density at radius 1 is 1.05 bits per heavy atom. The van der Waals surface area contributed by atoms with Crippen LogP contribution < -0.4 is 15.4 Å². The van der Waals surface area contributed by atoms with Crippen LogP contribution in [0.25, 0.3) is 0 Å². The van der Waals surface area contributed by atoms with Gasteiger partial charge in [0.25, 0.3) is 5.91 Å². The standard InChI is InChI=1S/C29H29N5O2S/c1-4-20-14-16-21(17-15-20)26-25(27(35)31-23-11-6-5-7-12-23)19(2)30-28-32-29(33-34(26)28)37-18-22-10-8-9-13-24(22)36-3/h5-17,26H,4,18H2,1-3H3,(H,31,35)(H,30,32,33)/t26-/m1/s1. The largest absolute Gasteiger partial charge is 0.496 e. The van der Waals surface area contributed by atoms with Gasteiger partial charge in [-0.2, -0.15) is 4.98 Å². The molecule has 0 spiro atoms. The Morgan fingerprint density at radius 3 is 2.51 bits per heavy atom. The van der Waals surface area contributed by atoms with Crippen LogP contribution in [0.2, 0.25) is 0 Å². The third-order valence-electron chi connectivity index (χ3n) is 6.36. The van der Waals surface area contributed by atoms with Crippen LogP contribution in [0.3, 0.4) is 0 Å². The van der Waals surface area contributed by atoms with Crippen LogP contribution in [-0.4, -0.2) is 27.8 Å². The quantitative estimate of drug-likeness (QED) is 0.280. The van der Waals surface area contributed by atoms with Crippen LogP contribution in [0.5, 0.6) is 5.75 Å². The van der Waals surface area contributed by atoms with E-state index in [0.29, 0.717) is 22.4 Å². The van der Waals surface area contributed by atoms with E-state index >= 15 is 0 Å².